The lowest BCUT2D eigenvalue weighted by Gasteiger charge is -2.12. The Bertz CT molecular complexity index is 1410. The molecule has 0 amide bonds. The number of aliphatic imine (C=N–C) groups is 1. The number of hydrogen-bond acceptors (Lipinski definition) is 8. The zero-order valence-corrected chi connectivity index (χ0v) is 18.0. The number of nitrogens with one attached hydrogen (secondary N) is 1. The fraction of sp³-hybridized carbons (Fsp3) is 0.143. The van der Waals surface area contributed by atoms with Crippen LogP contribution in [0.3, 0.4) is 0 Å². The molecule has 0 bridgehead atoms. The molecule has 0 aliphatic rings. The van der Waals surface area contributed by atoms with E-state index in [1.54, 1.807) is 0 Å². The van der Waals surface area contributed by atoms with Gasteiger partial charge in [0, 0.05) is 30.1 Å². The first-order valence-corrected chi connectivity index (χ1v) is 9.73. The molecular weight excluding hydrogens is 453 g/mol. The highest BCUT2D eigenvalue weighted by Gasteiger charge is 2.16. The van der Waals surface area contributed by atoms with Crippen molar-refractivity contribution in [1.82, 2.24) is 19.7 Å². The molecule has 0 radical (unpaired) electrons. The second kappa shape index (κ2) is 10.3. The van der Waals surface area contributed by atoms with Crippen LogP contribution in [0.15, 0.2) is 51.4 Å². The van der Waals surface area contributed by atoms with Crippen LogP contribution in [0.25, 0.3) is 5.57 Å². The summed E-state index contributed by atoms with van der Waals surface area (Å²) >= 11 is 5.97. The van der Waals surface area contributed by atoms with Crippen molar-refractivity contribution in [3.8, 4) is 17.6 Å². The highest BCUT2D eigenvalue weighted by molar-refractivity contribution is 6.30. The van der Waals surface area contributed by atoms with Gasteiger partial charge < -0.3 is 10.5 Å². The summed E-state index contributed by atoms with van der Waals surface area (Å²) in [5.74, 6) is -0.289. The van der Waals surface area contributed by atoms with Gasteiger partial charge in [-0.25, -0.2) is 14.5 Å². The van der Waals surface area contributed by atoms with Crippen LogP contribution >= 0.6 is 11.6 Å². The van der Waals surface area contributed by atoms with Gasteiger partial charge in [0.15, 0.2) is 0 Å². The fourth-order valence-electron chi connectivity index (χ4n) is 2.88. The van der Waals surface area contributed by atoms with Crippen LogP contribution in [0.4, 0.5) is 4.39 Å². The smallest absolute Gasteiger partial charge is 0.297 e. The lowest BCUT2D eigenvalue weighted by atomic mass is 10.1. The number of aromatic nitrogens is 4. The molecule has 0 aliphatic heterocycles. The average Bonchev–Trinajstić information content (AvgIpc) is 2.81. The minimum Gasteiger partial charge on any atom is -0.449 e. The average molecular weight is 470 g/mol. The lowest BCUT2D eigenvalue weighted by molar-refractivity contribution is 0.417. The molecule has 33 heavy (non-hydrogen) atoms. The van der Waals surface area contributed by atoms with Gasteiger partial charge in [-0.15, -0.1) is 0 Å². The van der Waals surface area contributed by atoms with Crippen molar-refractivity contribution >= 4 is 23.4 Å². The number of nitriles is 1. The van der Waals surface area contributed by atoms with Crippen molar-refractivity contribution in [3.63, 3.8) is 0 Å². The molecule has 3 aromatic rings. The predicted octanol–water partition coefficient (Wildman–Crippen LogP) is 2.16. The monoisotopic (exact) mass is 469 g/mol. The van der Waals surface area contributed by atoms with E-state index in [0.717, 1.165) is 10.9 Å². The Morgan fingerprint density at radius 2 is 2.18 bits per heavy atom. The van der Waals surface area contributed by atoms with E-state index >= 15 is 0 Å². The number of rotatable bonds is 7. The van der Waals surface area contributed by atoms with Gasteiger partial charge in [0.25, 0.3) is 11.1 Å². The molecule has 0 saturated carbocycles. The van der Waals surface area contributed by atoms with Crippen molar-refractivity contribution in [1.29, 1.82) is 5.26 Å². The van der Waals surface area contributed by atoms with E-state index in [1.807, 2.05) is 6.07 Å². The van der Waals surface area contributed by atoms with E-state index in [9.17, 15) is 14.0 Å². The number of alkyl halides is 1. The molecule has 3 rings (SSSR count). The number of aromatic amines is 1. The number of H-pyrrole nitrogens is 1. The van der Waals surface area contributed by atoms with Gasteiger partial charge in [-0.3, -0.25) is 19.1 Å². The van der Waals surface area contributed by atoms with Crippen molar-refractivity contribution in [2.75, 3.05) is 7.05 Å². The fourth-order valence-corrected chi connectivity index (χ4v) is 3.10. The maximum Gasteiger partial charge on any atom is 0.297 e. The Morgan fingerprint density at radius 3 is 2.85 bits per heavy atom. The largest absolute Gasteiger partial charge is 0.449 e. The van der Waals surface area contributed by atoms with E-state index in [2.05, 4.69) is 20.2 Å². The van der Waals surface area contributed by atoms with Crippen LogP contribution in [0.5, 0.6) is 11.5 Å². The quantitative estimate of drug-likeness (QED) is 0.503. The number of allylic oxidation sites excluding steroid dienone is 1. The normalized spacial score (nSPS) is 11.5. The summed E-state index contributed by atoms with van der Waals surface area (Å²) in [7, 11) is 1.53. The molecule has 168 valence electrons. The maximum atomic E-state index is 13.5. The SMILES string of the molecule is CN=CC(=CN)c1cc(Cn2cnc(CF)c(Oc3cc(Cl)cc(C#N)c3)c2=O)n[nH]c1=O. The van der Waals surface area contributed by atoms with Gasteiger partial charge in [0.2, 0.25) is 5.75 Å². The lowest BCUT2D eigenvalue weighted by Crippen LogP contribution is -2.25. The Balaban J connectivity index is 2.02. The summed E-state index contributed by atoms with van der Waals surface area (Å²) in [5.41, 5.74) is 5.21. The third-order valence-corrected chi connectivity index (χ3v) is 4.58. The summed E-state index contributed by atoms with van der Waals surface area (Å²) < 4.78 is 20.2. The molecule has 10 nitrogen and oxygen atoms in total. The molecular formula is C21H17ClFN7O3. The van der Waals surface area contributed by atoms with Crippen LogP contribution in [-0.2, 0) is 13.2 Å². The van der Waals surface area contributed by atoms with E-state index in [1.165, 1.54) is 43.7 Å². The van der Waals surface area contributed by atoms with Gasteiger partial charge in [-0.2, -0.15) is 10.4 Å². The first kappa shape index (κ1) is 23.4. The van der Waals surface area contributed by atoms with Gasteiger partial charge in [0.1, 0.15) is 18.1 Å². The number of nitrogens with zero attached hydrogens (tertiary/aromatic N) is 5. The van der Waals surface area contributed by atoms with Crippen LogP contribution in [-0.4, -0.2) is 33.0 Å². The first-order chi connectivity index (χ1) is 15.9. The van der Waals surface area contributed by atoms with Gasteiger partial charge in [0.05, 0.1) is 35.8 Å². The number of nitrogens with two attached hydrogens (primary N) is 1. The number of benzene rings is 1. The van der Waals surface area contributed by atoms with E-state index in [-0.39, 0.29) is 39.9 Å². The molecule has 2 heterocycles. The van der Waals surface area contributed by atoms with Gasteiger partial charge >= 0.3 is 0 Å². The van der Waals surface area contributed by atoms with Crippen molar-refractivity contribution in [3.05, 3.63) is 85.0 Å². The highest BCUT2D eigenvalue weighted by atomic mass is 35.5. The molecule has 0 fully saturated rings. The van der Waals surface area contributed by atoms with Crippen LogP contribution < -0.4 is 21.6 Å². The predicted molar refractivity (Wildman–Crippen MR) is 120 cm³/mol. The summed E-state index contributed by atoms with van der Waals surface area (Å²) in [6, 6.07) is 7.52. The highest BCUT2D eigenvalue weighted by Crippen LogP contribution is 2.26. The van der Waals surface area contributed by atoms with E-state index in [4.69, 9.17) is 27.3 Å². The van der Waals surface area contributed by atoms with E-state index < -0.39 is 17.8 Å². The third kappa shape index (κ3) is 5.31. The van der Waals surface area contributed by atoms with Crippen LogP contribution in [0.2, 0.25) is 5.02 Å². The second-order valence-electron chi connectivity index (χ2n) is 6.59. The Labute approximate surface area is 191 Å². The van der Waals surface area contributed by atoms with Crippen molar-refractivity contribution in [2.24, 2.45) is 10.7 Å². The minimum absolute atomic E-state index is 0.0754. The molecule has 3 N–H and O–H groups in total. The van der Waals surface area contributed by atoms with Crippen LogP contribution in [0.1, 0.15) is 22.5 Å². The number of hydrogen-bond donors (Lipinski definition) is 2. The standard InChI is InChI=1S/C21H17ClFN7O3/c1-26-9-13(8-25)17-5-15(28-29-20(17)31)10-30-11-27-18(6-23)19(21(30)32)33-16-3-12(7-24)2-14(22)4-16/h2-5,8-9,11H,6,10,25H2,1H3,(H,29,31). The van der Waals surface area contributed by atoms with Crippen molar-refractivity contribution < 1.29 is 9.13 Å². The second-order valence-corrected chi connectivity index (χ2v) is 7.02. The maximum absolute atomic E-state index is 13.5. The first-order valence-electron chi connectivity index (χ1n) is 9.36. The van der Waals surface area contributed by atoms with Crippen molar-refractivity contribution in [2.45, 2.75) is 13.2 Å². The summed E-state index contributed by atoms with van der Waals surface area (Å²) in [5, 5.41) is 15.6. The van der Waals surface area contributed by atoms with E-state index in [0.29, 0.717) is 11.3 Å². The molecule has 0 saturated heterocycles. The molecule has 12 heteroatoms. The number of halogens is 2. The molecule has 1 aromatic carbocycles. The zero-order chi connectivity index (χ0) is 24.0. The Kier molecular flexibility index (Phi) is 7.32. The molecule has 0 spiro atoms. The topological polar surface area (TPSA) is 152 Å². The minimum atomic E-state index is -1.06. The molecule has 0 aliphatic carbocycles. The summed E-state index contributed by atoms with van der Waals surface area (Å²) in [6.45, 7) is -1.17. The molecule has 2 aromatic heterocycles. The zero-order valence-electron chi connectivity index (χ0n) is 17.2. The molecule has 0 unspecified atom stereocenters. The Morgan fingerprint density at radius 1 is 1.39 bits per heavy atom. The van der Waals surface area contributed by atoms with Crippen LogP contribution in [0, 0.1) is 11.3 Å². The third-order valence-electron chi connectivity index (χ3n) is 4.36. The van der Waals surface area contributed by atoms with Gasteiger partial charge in [-0.05, 0) is 24.3 Å². The molecule has 0 atom stereocenters. The Hall–Kier alpha value is -4.30. The summed E-state index contributed by atoms with van der Waals surface area (Å²) in [4.78, 5) is 33.0. The number of ether oxygens (including phenoxy) is 1. The van der Waals surface area contributed by atoms with Gasteiger partial charge in [-0.1, -0.05) is 11.6 Å². The summed E-state index contributed by atoms with van der Waals surface area (Å²) in [6.07, 6.45) is 3.77.